The summed E-state index contributed by atoms with van der Waals surface area (Å²) in [5.41, 5.74) is 5.55. The van der Waals surface area contributed by atoms with Crippen LogP contribution < -0.4 is 11.1 Å². The third-order valence-electron chi connectivity index (χ3n) is 5.06. The normalized spacial score (nSPS) is 38.6. The monoisotopic (exact) mass is 251 g/mol. The van der Waals surface area contributed by atoms with Gasteiger partial charge >= 0.3 is 0 Å². The van der Waals surface area contributed by atoms with Gasteiger partial charge in [0.25, 0.3) is 0 Å². The fourth-order valence-electron chi connectivity index (χ4n) is 3.92. The number of rotatable bonds is 3. The van der Waals surface area contributed by atoms with Crippen molar-refractivity contribution < 1.29 is 4.79 Å². The van der Waals surface area contributed by atoms with Crippen LogP contribution in [0.5, 0.6) is 0 Å². The van der Waals surface area contributed by atoms with Crippen LogP contribution in [0, 0.1) is 11.8 Å². The Balaban J connectivity index is 1.65. The second-order valence-electron chi connectivity index (χ2n) is 6.28. The van der Waals surface area contributed by atoms with Gasteiger partial charge in [0.2, 0.25) is 5.91 Å². The predicted molar refractivity (Wildman–Crippen MR) is 71.0 cm³/mol. The van der Waals surface area contributed by atoms with E-state index in [9.17, 15) is 4.79 Å². The highest BCUT2D eigenvalue weighted by molar-refractivity contribution is 5.80. The number of piperazine rings is 1. The van der Waals surface area contributed by atoms with Crippen LogP contribution in [0.3, 0.4) is 0 Å². The van der Waals surface area contributed by atoms with Gasteiger partial charge in [0.1, 0.15) is 6.04 Å². The summed E-state index contributed by atoms with van der Waals surface area (Å²) in [6.45, 7) is 2.71. The maximum absolute atomic E-state index is 11.6. The molecule has 0 aromatic carbocycles. The molecule has 18 heavy (non-hydrogen) atoms. The zero-order chi connectivity index (χ0) is 12.5. The van der Waals surface area contributed by atoms with Gasteiger partial charge in [-0.3, -0.25) is 9.69 Å². The Kier molecular flexibility index (Phi) is 3.57. The quantitative estimate of drug-likeness (QED) is 0.777. The average molecular weight is 251 g/mol. The molecular formula is C14H25N3O. The molecule has 3 aliphatic rings. The minimum absolute atomic E-state index is 0.0818. The molecule has 3 rings (SSSR count). The largest absolute Gasteiger partial charge is 0.368 e. The summed E-state index contributed by atoms with van der Waals surface area (Å²) in [4.78, 5) is 14.0. The first kappa shape index (κ1) is 12.4. The number of hydrogen-bond donors (Lipinski definition) is 2. The van der Waals surface area contributed by atoms with Crippen LogP contribution >= 0.6 is 0 Å². The van der Waals surface area contributed by atoms with Crippen LogP contribution in [-0.4, -0.2) is 42.5 Å². The minimum atomic E-state index is -0.157. The molecule has 1 aliphatic heterocycles. The zero-order valence-electron chi connectivity index (χ0n) is 11.1. The van der Waals surface area contributed by atoms with Crippen molar-refractivity contribution in [1.82, 2.24) is 10.2 Å². The molecule has 0 spiro atoms. The van der Waals surface area contributed by atoms with Crippen molar-refractivity contribution in [3.63, 3.8) is 0 Å². The number of nitrogens with one attached hydrogen (secondary N) is 1. The Morgan fingerprint density at radius 3 is 2.72 bits per heavy atom. The summed E-state index contributed by atoms with van der Waals surface area (Å²) < 4.78 is 0. The van der Waals surface area contributed by atoms with Crippen molar-refractivity contribution in [3.05, 3.63) is 0 Å². The maximum atomic E-state index is 11.6. The number of primary amides is 1. The molecule has 0 aromatic rings. The first-order valence-electron chi connectivity index (χ1n) is 7.51. The molecule has 0 radical (unpaired) electrons. The Bertz CT molecular complexity index is 316. The molecule has 3 fully saturated rings. The van der Waals surface area contributed by atoms with Gasteiger partial charge in [-0.05, 0) is 37.5 Å². The van der Waals surface area contributed by atoms with Gasteiger partial charge in [-0.15, -0.1) is 0 Å². The molecule has 2 saturated carbocycles. The molecular weight excluding hydrogens is 226 g/mol. The van der Waals surface area contributed by atoms with E-state index in [1.165, 1.54) is 38.5 Å². The fraction of sp³-hybridized carbons (Fsp3) is 0.929. The van der Waals surface area contributed by atoms with Crippen LogP contribution in [0.4, 0.5) is 0 Å². The van der Waals surface area contributed by atoms with E-state index < -0.39 is 0 Å². The Morgan fingerprint density at radius 1 is 1.17 bits per heavy atom. The van der Waals surface area contributed by atoms with Gasteiger partial charge in [-0.25, -0.2) is 0 Å². The Hall–Kier alpha value is -0.610. The summed E-state index contributed by atoms with van der Waals surface area (Å²) in [7, 11) is 0. The number of carbonyl (C=O) groups excluding carboxylic acids is 1. The minimum Gasteiger partial charge on any atom is -0.368 e. The zero-order valence-corrected chi connectivity index (χ0v) is 11.1. The van der Waals surface area contributed by atoms with Crippen molar-refractivity contribution in [2.24, 2.45) is 17.6 Å². The highest BCUT2D eigenvalue weighted by atomic mass is 16.1. The molecule has 2 aliphatic carbocycles. The average Bonchev–Trinajstić information content (AvgIpc) is 3.23. The lowest BCUT2D eigenvalue weighted by atomic mass is 9.81. The van der Waals surface area contributed by atoms with E-state index in [0.29, 0.717) is 6.04 Å². The molecule has 0 aromatic heterocycles. The molecule has 1 heterocycles. The number of nitrogens with two attached hydrogens (primary N) is 1. The smallest absolute Gasteiger partial charge is 0.236 e. The van der Waals surface area contributed by atoms with Gasteiger partial charge in [-0.1, -0.05) is 12.8 Å². The van der Waals surface area contributed by atoms with E-state index in [1.54, 1.807) is 0 Å². The number of carbonyl (C=O) groups is 1. The van der Waals surface area contributed by atoms with Crippen LogP contribution in [0.2, 0.25) is 0 Å². The van der Waals surface area contributed by atoms with Crippen molar-refractivity contribution in [3.8, 4) is 0 Å². The lowest BCUT2D eigenvalue weighted by Crippen LogP contribution is -2.60. The highest BCUT2D eigenvalue weighted by Crippen LogP contribution is 2.44. The van der Waals surface area contributed by atoms with Gasteiger partial charge in [0.15, 0.2) is 0 Å². The van der Waals surface area contributed by atoms with E-state index >= 15 is 0 Å². The molecule has 3 atom stereocenters. The summed E-state index contributed by atoms with van der Waals surface area (Å²) in [5.74, 6) is 1.77. The standard InChI is InChI=1S/C14H25N3O/c15-14(18)13-9-16-6-7-17(13)12-3-1-2-11(8-12)10-4-5-10/h10-13,16H,1-9H2,(H2,15,18). The highest BCUT2D eigenvalue weighted by Gasteiger charge is 2.39. The number of amides is 1. The Morgan fingerprint density at radius 2 is 2.00 bits per heavy atom. The van der Waals surface area contributed by atoms with Gasteiger partial charge < -0.3 is 11.1 Å². The van der Waals surface area contributed by atoms with E-state index in [0.717, 1.165) is 31.5 Å². The lowest BCUT2D eigenvalue weighted by molar-refractivity contribution is -0.125. The molecule has 1 amide bonds. The Labute approximate surface area is 109 Å². The second kappa shape index (κ2) is 5.17. The van der Waals surface area contributed by atoms with Crippen LogP contribution in [-0.2, 0) is 4.79 Å². The molecule has 3 N–H and O–H groups in total. The molecule has 102 valence electrons. The molecule has 1 saturated heterocycles. The van der Waals surface area contributed by atoms with E-state index in [1.807, 2.05) is 0 Å². The SMILES string of the molecule is NC(=O)C1CNCCN1C1CCCC(C2CC2)C1. The van der Waals surface area contributed by atoms with Crippen molar-refractivity contribution >= 4 is 5.91 Å². The van der Waals surface area contributed by atoms with E-state index in [2.05, 4.69) is 10.2 Å². The molecule has 4 nitrogen and oxygen atoms in total. The first-order chi connectivity index (χ1) is 8.75. The van der Waals surface area contributed by atoms with Crippen LogP contribution in [0.1, 0.15) is 38.5 Å². The molecule has 4 heteroatoms. The second-order valence-corrected chi connectivity index (χ2v) is 6.28. The molecule has 0 bridgehead atoms. The third-order valence-corrected chi connectivity index (χ3v) is 5.06. The summed E-state index contributed by atoms with van der Waals surface area (Å²) in [6, 6.07) is 0.519. The van der Waals surface area contributed by atoms with Crippen molar-refractivity contribution in [2.75, 3.05) is 19.6 Å². The third kappa shape index (κ3) is 2.54. The van der Waals surface area contributed by atoms with Gasteiger partial charge in [0, 0.05) is 25.7 Å². The lowest BCUT2D eigenvalue weighted by Gasteiger charge is -2.43. The molecule has 3 unspecified atom stereocenters. The summed E-state index contributed by atoms with van der Waals surface area (Å²) in [5, 5.41) is 3.29. The first-order valence-corrected chi connectivity index (χ1v) is 7.51. The topological polar surface area (TPSA) is 58.4 Å². The fourth-order valence-corrected chi connectivity index (χ4v) is 3.92. The van der Waals surface area contributed by atoms with Crippen LogP contribution in [0.25, 0.3) is 0 Å². The van der Waals surface area contributed by atoms with Crippen molar-refractivity contribution in [1.29, 1.82) is 0 Å². The van der Waals surface area contributed by atoms with Crippen LogP contribution in [0.15, 0.2) is 0 Å². The van der Waals surface area contributed by atoms with Gasteiger partial charge in [-0.2, -0.15) is 0 Å². The number of nitrogens with zero attached hydrogens (tertiary/aromatic N) is 1. The summed E-state index contributed by atoms with van der Waals surface area (Å²) >= 11 is 0. The number of hydrogen-bond acceptors (Lipinski definition) is 3. The maximum Gasteiger partial charge on any atom is 0.236 e. The van der Waals surface area contributed by atoms with Crippen molar-refractivity contribution in [2.45, 2.75) is 50.6 Å². The van der Waals surface area contributed by atoms with Gasteiger partial charge in [0.05, 0.1) is 0 Å². The van der Waals surface area contributed by atoms with E-state index in [4.69, 9.17) is 5.73 Å². The van der Waals surface area contributed by atoms with E-state index in [-0.39, 0.29) is 11.9 Å². The summed E-state index contributed by atoms with van der Waals surface area (Å²) in [6.07, 6.45) is 8.19. The predicted octanol–water partition coefficient (Wildman–Crippen LogP) is 0.714.